The van der Waals surface area contributed by atoms with Crippen molar-refractivity contribution in [3.05, 3.63) is 53.6 Å². The summed E-state index contributed by atoms with van der Waals surface area (Å²) in [6.07, 6.45) is 0.999. The third-order valence-electron chi connectivity index (χ3n) is 4.30. The van der Waals surface area contributed by atoms with Gasteiger partial charge in [-0.1, -0.05) is 12.1 Å². The maximum Gasteiger partial charge on any atom is 0.247 e. The van der Waals surface area contributed by atoms with Crippen molar-refractivity contribution in [3.8, 4) is 17.2 Å². The van der Waals surface area contributed by atoms with Crippen molar-refractivity contribution in [2.75, 3.05) is 27.9 Å². The first kappa shape index (κ1) is 17.8. The molecule has 3 rings (SSSR count). The minimum absolute atomic E-state index is 0.0336. The number of amides is 1. The summed E-state index contributed by atoms with van der Waals surface area (Å²) in [6.45, 7) is 0.576. The molecule has 6 heteroatoms. The van der Waals surface area contributed by atoms with Crippen LogP contribution in [0.15, 0.2) is 47.6 Å². The summed E-state index contributed by atoms with van der Waals surface area (Å²) in [6, 6.07) is 13.2. The van der Waals surface area contributed by atoms with E-state index in [-0.39, 0.29) is 5.91 Å². The number of carbonyl (C=O) groups is 1. The summed E-state index contributed by atoms with van der Waals surface area (Å²) < 4.78 is 15.8. The Hall–Kier alpha value is -3.02. The van der Waals surface area contributed by atoms with Crippen molar-refractivity contribution in [2.24, 2.45) is 5.10 Å². The van der Waals surface area contributed by atoms with E-state index in [9.17, 15) is 4.79 Å². The first-order valence-corrected chi connectivity index (χ1v) is 8.37. The molecule has 136 valence electrons. The fourth-order valence-corrected chi connectivity index (χ4v) is 2.90. The Labute approximate surface area is 153 Å². The number of rotatable bonds is 6. The molecule has 0 saturated carbocycles. The lowest BCUT2D eigenvalue weighted by atomic mass is 10.1. The summed E-state index contributed by atoms with van der Waals surface area (Å²) in [7, 11) is 4.81. The first-order valence-electron chi connectivity index (χ1n) is 8.37. The van der Waals surface area contributed by atoms with E-state index >= 15 is 0 Å². The standard InChI is InChI=1S/C20H22N2O4/c1-24-16-6-4-5-14(11-16)12-20(23)22-10-9-17(21-22)15-7-8-18(25-2)19(13-15)26-3/h4-8,11,13H,9-10,12H2,1-3H3. The molecule has 2 aromatic carbocycles. The van der Waals surface area contributed by atoms with E-state index in [0.29, 0.717) is 30.9 Å². The van der Waals surface area contributed by atoms with Crippen molar-refractivity contribution in [1.82, 2.24) is 5.01 Å². The fraction of sp³-hybridized carbons (Fsp3) is 0.300. The van der Waals surface area contributed by atoms with Gasteiger partial charge in [0.1, 0.15) is 5.75 Å². The number of methoxy groups -OCH3 is 3. The second-order valence-electron chi connectivity index (χ2n) is 5.91. The summed E-state index contributed by atoms with van der Waals surface area (Å²) in [5, 5.41) is 6.03. The number of nitrogens with zero attached hydrogens (tertiary/aromatic N) is 2. The topological polar surface area (TPSA) is 60.4 Å². The van der Waals surface area contributed by atoms with Crippen molar-refractivity contribution in [3.63, 3.8) is 0 Å². The van der Waals surface area contributed by atoms with Crippen molar-refractivity contribution in [1.29, 1.82) is 0 Å². The van der Waals surface area contributed by atoms with E-state index in [1.54, 1.807) is 21.3 Å². The van der Waals surface area contributed by atoms with Crippen LogP contribution in [0, 0.1) is 0 Å². The van der Waals surface area contributed by atoms with Crippen LogP contribution in [0.3, 0.4) is 0 Å². The molecule has 0 aromatic heterocycles. The third kappa shape index (κ3) is 3.79. The number of hydrogen-bond acceptors (Lipinski definition) is 5. The van der Waals surface area contributed by atoms with Gasteiger partial charge < -0.3 is 14.2 Å². The van der Waals surface area contributed by atoms with Crippen LogP contribution in [0.2, 0.25) is 0 Å². The van der Waals surface area contributed by atoms with E-state index in [2.05, 4.69) is 5.10 Å². The molecule has 0 saturated heterocycles. The van der Waals surface area contributed by atoms with Gasteiger partial charge in [-0.15, -0.1) is 0 Å². The molecule has 1 aliphatic heterocycles. The number of hydrazone groups is 1. The van der Waals surface area contributed by atoms with Gasteiger partial charge in [-0.25, -0.2) is 5.01 Å². The van der Waals surface area contributed by atoms with Crippen LogP contribution in [0.25, 0.3) is 0 Å². The Balaban J connectivity index is 1.73. The lowest BCUT2D eigenvalue weighted by Crippen LogP contribution is -2.25. The monoisotopic (exact) mass is 354 g/mol. The highest BCUT2D eigenvalue weighted by Crippen LogP contribution is 2.29. The lowest BCUT2D eigenvalue weighted by Gasteiger charge is -2.12. The Morgan fingerprint density at radius 3 is 2.58 bits per heavy atom. The van der Waals surface area contributed by atoms with E-state index in [0.717, 1.165) is 22.6 Å². The predicted octanol–water partition coefficient (Wildman–Crippen LogP) is 2.89. The highest BCUT2D eigenvalue weighted by atomic mass is 16.5. The van der Waals surface area contributed by atoms with Crippen LogP contribution in [0.4, 0.5) is 0 Å². The first-order chi connectivity index (χ1) is 12.6. The zero-order valence-corrected chi connectivity index (χ0v) is 15.2. The minimum atomic E-state index is -0.0336. The molecule has 1 amide bonds. The molecule has 0 atom stereocenters. The minimum Gasteiger partial charge on any atom is -0.497 e. The molecule has 0 fully saturated rings. The van der Waals surface area contributed by atoms with Crippen LogP contribution in [-0.2, 0) is 11.2 Å². The normalized spacial score (nSPS) is 13.3. The number of ether oxygens (including phenoxy) is 3. The van der Waals surface area contributed by atoms with Gasteiger partial charge in [0.05, 0.1) is 40.0 Å². The average Bonchev–Trinajstić information content (AvgIpc) is 3.18. The summed E-state index contributed by atoms with van der Waals surface area (Å²) in [5.74, 6) is 2.02. The molecule has 0 aliphatic carbocycles. The SMILES string of the molecule is COc1cccc(CC(=O)N2CCC(c3ccc(OC)c(OC)c3)=N2)c1. The van der Waals surface area contributed by atoms with Gasteiger partial charge in [0.25, 0.3) is 0 Å². The summed E-state index contributed by atoms with van der Waals surface area (Å²) in [5.41, 5.74) is 2.70. The van der Waals surface area contributed by atoms with E-state index < -0.39 is 0 Å². The molecule has 6 nitrogen and oxygen atoms in total. The predicted molar refractivity (Wildman–Crippen MR) is 99.1 cm³/mol. The summed E-state index contributed by atoms with van der Waals surface area (Å²) >= 11 is 0. The zero-order valence-electron chi connectivity index (χ0n) is 15.2. The zero-order chi connectivity index (χ0) is 18.5. The third-order valence-corrected chi connectivity index (χ3v) is 4.30. The number of hydrogen-bond donors (Lipinski definition) is 0. The molecule has 2 aromatic rings. The molecule has 0 spiro atoms. The van der Waals surface area contributed by atoms with Crippen LogP contribution in [0.5, 0.6) is 17.2 Å². The molecule has 1 heterocycles. The molecule has 0 N–H and O–H groups in total. The van der Waals surface area contributed by atoms with E-state index in [1.807, 2.05) is 42.5 Å². The Morgan fingerprint density at radius 1 is 1.04 bits per heavy atom. The Bertz CT molecular complexity index is 832. The molecule has 26 heavy (non-hydrogen) atoms. The molecular formula is C20H22N2O4. The Kier molecular flexibility index (Phi) is 5.41. The van der Waals surface area contributed by atoms with Crippen LogP contribution in [-0.4, -0.2) is 44.5 Å². The second-order valence-corrected chi connectivity index (χ2v) is 5.91. The highest BCUT2D eigenvalue weighted by molar-refractivity contribution is 6.03. The van der Waals surface area contributed by atoms with E-state index in [1.165, 1.54) is 5.01 Å². The van der Waals surface area contributed by atoms with Gasteiger partial charge in [0.2, 0.25) is 5.91 Å². The molecular weight excluding hydrogens is 332 g/mol. The van der Waals surface area contributed by atoms with Gasteiger partial charge in [0.15, 0.2) is 11.5 Å². The second kappa shape index (κ2) is 7.91. The number of carbonyl (C=O) groups excluding carboxylic acids is 1. The van der Waals surface area contributed by atoms with Gasteiger partial charge >= 0.3 is 0 Å². The fourth-order valence-electron chi connectivity index (χ4n) is 2.90. The van der Waals surface area contributed by atoms with E-state index in [4.69, 9.17) is 14.2 Å². The quantitative estimate of drug-likeness (QED) is 0.800. The molecule has 0 bridgehead atoms. The van der Waals surface area contributed by atoms with Crippen molar-refractivity contribution < 1.29 is 19.0 Å². The summed E-state index contributed by atoms with van der Waals surface area (Å²) in [4.78, 5) is 12.5. The van der Waals surface area contributed by atoms with Gasteiger partial charge in [-0.3, -0.25) is 4.79 Å². The largest absolute Gasteiger partial charge is 0.497 e. The van der Waals surface area contributed by atoms with Gasteiger partial charge in [0, 0.05) is 12.0 Å². The van der Waals surface area contributed by atoms with Crippen molar-refractivity contribution >= 4 is 11.6 Å². The lowest BCUT2D eigenvalue weighted by molar-refractivity contribution is -0.130. The maximum atomic E-state index is 12.5. The van der Waals surface area contributed by atoms with Crippen LogP contribution < -0.4 is 14.2 Å². The molecule has 1 aliphatic rings. The van der Waals surface area contributed by atoms with Crippen molar-refractivity contribution in [2.45, 2.75) is 12.8 Å². The average molecular weight is 354 g/mol. The highest BCUT2D eigenvalue weighted by Gasteiger charge is 2.22. The molecule has 0 unspecified atom stereocenters. The maximum absolute atomic E-state index is 12.5. The van der Waals surface area contributed by atoms with Crippen LogP contribution in [0.1, 0.15) is 17.5 Å². The number of benzene rings is 2. The molecule has 0 radical (unpaired) electrons. The van der Waals surface area contributed by atoms with Gasteiger partial charge in [-0.2, -0.15) is 5.10 Å². The van der Waals surface area contributed by atoms with Crippen LogP contribution >= 0.6 is 0 Å². The smallest absolute Gasteiger partial charge is 0.247 e. The Morgan fingerprint density at radius 2 is 1.85 bits per heavy atom. The van der Waals surface area contributed by atoms with Gasteiger partial charge in [-0.05, 0) is 35.9 Å².